The molecule has 0 N–H and O–H groups in total. The molecule has 2 aliphatic rings. The summed E-state index contributed by atoms with van der Waals surface area (Å²) in [6.07, 6.45) is 2.52. The number of rotatable bonds is 3. The first-order valence-electron chi connectivity index (χ1n) is 8.65. The molecule has 5 rings (SSSR count). The zero-order valence-electron chi connectivity index (χ0n) is 13.5. The molecule has 4 nitrogen and oxygen atoms in total. The van der Waals surface area contributed by atoms with Gasteiger partial charge in [-0.05, 0) is 30.4 Å². The maximum absolute atomic E-state index is 12.8. The van der Waals surface area contributed by atoms with E-state index in [2.05, 4.69) is 27.8 Å². The lowest BCUT2D eigenvalue weighted by atomic mass is 10.0. The fourth-order valence-corrected chi connectivity index (χ4v) is 3.67. The molecule has 1 aromatic heterocycles. The van der Waals surface area contributed by atoms with Gasteiger partial charge >= 0.3 is 0 Å². The highest BCUT2D eigenvalue weighted by atomic mass is 16.2. The predicted octanol–water partition coefficient (Wildman–Crippen LogP) is 3.57. The van der Waals surface area contributed by atoms with Crippen molar-refractivity contribution >= 4 is 16.9 Å². The third-order valence-electron chi connectivity index (χ3n) is 5.10. The van der Waals surface area contributed by atoms with Crippen LogP contribution < -0.4 is 0 Å². The Bertz CT molecular complexity index is 925. The van der Waals surface area contributed by atoms with Gasteiger partial charge in [0.25, 0.3) is 5.91 Å². The monoisotopic (exact) mass is 317 g/mol. The Balaban J connectivity index is 1.64. The van der Waals surface area contributed by atoms with Gasteiger partial charge in [0.1, 0.15) is 0 Å². The molecule has 0 bridgehead atoms. The van der Waals surface area contributed by atoms with Crippen molar-refractivity contribution in [2.75, 3.05) is 13.1 Å². The number of hydrogen-bond donors (Lipinski definition) is 0. The minimum Gasteiger partial charge on any atom is -0.334 e. The first-order valence-corrected chi connectivity index (χ1v) is 8.65. The number of para-hydroxylation sites is 1. The molecule has 2 aromatic carbocycles. The van der Waals surface area contributed by atoms with E-state index >= 15 is 0 Å². The maximum Gasteiger partial charge on any atom is 0.289 e. The van der Waals surface area contributed by atoms with Crippen molar-refractivity contribution in [2.24, 2.45) is 5.92 Å². The van der Waals surface area contributed by atoms with E-state index in [1.165, 1.54) is 18.4 Å². The van der Waals surface area contributed by atoms with Crippen molar-refractivity contribution < 1.29 is 4.79 Å². The quantitative estimate of drug-likeness (QED) is 0.740. The number of carbonyl (C=O) groups is 1. The zero-order valence-corrected chi connectivity index (χ0v) is 13.5. The van der Waals surface area contributed by atoms with Crippen LogP contribution in [0.25, 0.3) is 22.2 Å². The molecule has 1 fully saturated rings. The molecule has 1 aliphatic heterocycles. The van der Waals surface area contributed by atoms with Crippen molar-refractivity contribution in [1.29, 1.82) is 0 Å². The molecule has 0 atom stereocenters. The Morgan fingerprint density at radius 1 is 1.00 bits per heavy atom. The summed E-state index contributed by atoms with van der Waals surface area (Å²) in [7, 11) is 0. The Morgan fingerprint density at radius 2 is 1.83 bits per heavy atom. The van der Waals surface area contributed by atoms with Gasteiger partial charge in [-0.2, -0.15) is 0 Å². The fraction of sp³-hybridized carbons (Fsp3) is 0.300. The van der Waals surface area contributed by atoms with Gasteiger partial charge in [0.15, 0.2) is 5.82 Å². The lowest BCUT2D eigenvalue weighted by molar-refractivity contribution is 0.0690. The van der Waals surface area contributed by atoms with E-state index in [0.29, 0.717) is 11.7 Å². The van der Waals surface area contributed by atoms with Crippen LogP contribution in [0.3, 0.4) is 0 Å². The molecule has 2 heterocycles. The van der Waals surface area contributed by atoms with Crippen LogP contribution >= 0.6 is 0 Å². The van der Waals surface area contributed by atoms with Crippen LogP contribution in [0.2, 0.25) is 0 Å². The standard InChI is InChI=1S/C20H19N3O/c24-20-19-21-17-8-4-7-16(15-5-2-1-3-6-15)18(17)23(19)12-11-22(20)13-14-9-10-14/h1-8,14H,9-13H2. The number of nitrogens with zero attached hydrogens (tertiary/aromatic N) is 3. The third-order valence-corrected chi connectivity index (χ3v) is 5.10. The summed E-state index contributed by atoms with van der Waals surface area (Å²) in [5.74, 6) is 1.40. The van der Waals surface area contributed by atoms with Gasteiger partial charge < -0.3 is 9.47 Å². The number of amides is 1. The van der Waals surface area contributed by atoms with Crippen LogP contribution in [-0.2, 0) is 6.54 Å². The largest absolute Gasteiger partial charge is 0.334 e. The van der Waals surface area contributed by atoms with Crippen LogP contribution in [0.1, 0.15) is 23.5 Å². The van der Waals surface area contributed by atoms with Gasteiger partial charge in [-0.3, -0.25) is 4.79 Å². The Labute approximate surface area is 140 Å². The van der Waals surface area contributed by atoms with E-state index in [4.69, 9.17) is 0 Å². The summed E-state index contributed by atoms with van der Waals surface area (Å²) in [5.41, 5.74) is 4.31. The molecule has 0 saturated heterocycles. The maximum atomic E-state index is 12.8. The van der Waals surface area contributed by atoms with Crippen LogP contribution in [-0.4, -0.2) is 33.4 Å². The van der Waals surface area contributed by atoms with E-state index in [9.17, 15) is 4.79 Å². The third kappa shape index (κ3) is 2.13. The van der Waals surface area contributed by atoms with Gasteiger partial charge in [-0.1, -0.05) is 42.5 Å². The molecule has 1 amide bonds. The van der Waals surface area contributed by atoms with E-state index in [1.54, 1.807) is 0 Å². The van der Waals surface area contributed by atoms with E-state index in [0.717, 1.165) is 36.2 Å². The topological polar surface area (TPSA) is 38.1 Å². The van der Waals surface area contributed by atoms with Crippen molar-refractivity contribution in [2.45, 2.75) is 19.4 Å². The molecular weight excluding hydrogens is 298 g/mol. The minimum atomic E-state index is 0.0864. The lowest BCUT2D eigenvalue weighted by Gasteiger charge is -2.28. The van der Waals surface area contributed by atoms with E-state index in [1.807, 2.05) is 35.2 Å². The fourth-order valence-electron chi connectivity index (χ4n) is 3.67. The number of hydrogen-bond acceptors (Lipinski definition) is 2. The van der Waals surface area contributed by atoms with Crippen molar-refractivity contribution in [1.82, 2.24) is 14.5 Å². The van der Waals surface area contributed by atoms with Gasteiger partial charge in [-0.15, -0.1) is 0 Å². The van der Waals surface area contributed by atoms with Crippen LogP contribution in [0.5, 0.6) is 0 Å². The molecule has 0 unspecified atom stereocenters. The predicted molar refractivity (Wildman–Crippen MR) is 93.8 cm³/mol. The average Bonchev–Trinajstić information content (AvgIpc) is 3.36. The van der Waals surface area contributed by atoms with Gasteiger partial charge in [0.2, 0.25) is 0 Å². The summed E-state index contributed by atoms with van der Waals surface area (Å²) in [6, 6.07) is 16.5. The Morgan fingerprint density at radius 3 is 2.62 bits per heavy atom. The van der Waals surface area contributed by atoms with Gasteiger partial charge in [-0.25, -0.2) is 4.98 Å². The Hall–Kier alpha value is -2.62. The molecule has 1 saturated carbocycles. The lowest BCUT2D eigenvalue weighted by Crippen LogP contribution is -2.41. The number of carbonyl (C=O) groups excluding carboxylic acids is 1. The summed E-state index contributed by atoms with van der Waals surface area (Å²) >= 11 is 0. The normalized spacial score (nSPS) is 17.3. The van der Waals surface area contributed by atoms with E-state index < -0.39 is 0 Å². The van der Waals surface area contributed by atoms with Crippen molar-refractivity contribution in [3.63, 3.8) is 0 Å². The van der Waals surface area contributed by atoms with Crippen molar-refractivity contribution in [3.05, 3.63) is 54.4 Å². The van der Waals surface area contributed by atoms with Gasteiger partial charge in [0.05, 0.1) is 11.0 Å². The number of fused-ring (bicyclic) bond motifs is 3. The van der Waals surface area contributed by atoms with Crippen LogP contribution in [0.4, 0.5) is 0 Å². The molecule has 0 radical (unpaired) electrons. The summed E-state index contributed by atoms with van der Waals surface area (Å²) in [5, 5.41) is 0. The first-order chi connectivity index (χ1) is 11.8. The number of benzene rings is 2. The Kier molecular flexibility index (Phi) is 2.98. The molecule has 3 aromatic rings. The first kappa shape index (κ1) is 13.8. The summed E-state index contributed by atoms with van der Waals surface area (Å²) < 4.78 is 2.11. The highest BCUT2D eigenvalue weighted by molar-refractivity contribution is 6.00. The molecular formula is C20H19N3O. The average molecular weight is 317 g/mol. The van der Waals surface area contributed by atoms with Crippen LogP contribution in [0, 0.1) is 5.92 Å². The van der Waals surface area contributed by atoms with Gasteiger partial charge in [0, 0.05) is 25.2 Å². The highest BCUT2D eigenvalue weighted by Gasteiger charge is 2.33. The highest BCUT2D eigenvalue weighted by Crippen LogP contribution is 2.33. The second kappa shape index (κ2) is 5.20. The SMILES string of the molecule is O=C1c2nc3cccc(-c4ccccc4)c3n2CCN1CC1CC1. The zero-order chi connectivity index (χ0) is 16.1. The number of imidazole rings is 1. The summed E-state index contributed by atoms with van der Waals surface area (Å²) in [6.45, 7) is 2.51. The molecule has 1 aliphatic carbocycles. The summed E-state index contributed by atoms with van der Waals surface area (Å²) in [4.78, 5) is 19.5. The minimum absolute atomic E-state index is 0.0864. The second-order valence-electron chi connectivity index (χ2n) is 6.82. The molecule has 120 valence electrons. The smallest absolute Gasteiger partial charge is 0.289 e. The van der Waals surface area contributed by atoms with Crippen LogP contribution in [0.15, 0.2) is 48.5 Å². The number of aromatic nitrogens is 2. The molecule has 24 heavy (non-hydrogen) atoms. The second-order valence-corrected chi connectivity index (χ2v) is 6.82. The van der Waals surface area contributed by atoms with Crippen molar-refractivity contribution in [3.8, 4) is 11.1 Å². The molecule has 4 heteroatoms. The van der Waals surface area contributed by atoms with E-state index in [-0.39, 0.29) is 5.91 Å². The molecule has 0 spiro atoms.